The van der Waals surface area contributed by atoms with Gasteiger partial charge in [0.15, 0.2) is 0 Å². The molecule has 2 rings (SSSR count). The Labute approximate surface area is 155 Å². The number of benzene rings is 2. The Balaban J connectivity index is 1.83. The Hall–Kier alpha value is -2.53. The molecule has 0 aliphatic rings. The summed E-state index contributed by atoms with van der Waals surface area (Å²) in [5.74, 6) is 0.789. The number of hydrogen-bond acceptors (Lipinski definition) is 4. The highest BCUT2D eigenvalue weighted by Gasteiger charge is 2.14. The minimum absolute atomic E-state index is 0.166. The summed E-state index contributed by atoms with van der Waals surface area (Å²) in [6, 6.07) is 16.7. The zero-order valence-electron chi connectivity index (χ0n) is 15.6. The zero-order valence-corrected chi connectivity index (χ0v) is 15.6. The third kappa shape index (κ3) is 7.15. The molecule has 2 aromatic carbocycles. The Kier molecular flexibility index (Phi) is 7.04. The van der Waals surface area contributed by atoms with Crippen molar-refractivity contribution in [1.29, 1.82) is 0 Å². The van der Waals surface area contributed by atoms with Crippen LogP contribution in [0.3, 0.4) is 0 Å². The molecule has 0 heterocycles. The summed E-state index contributed by atoms with van der Waals surface area (Å²) >= 11 is 0. The molecule has 0 aliphatic carbocycles. The first-order valence-corrected chi connectivity index (χ1v) is 8.72. The predicted octanol–water partition coefficient (Wildman–Crippen LogP) is 3.69. The van der Waals surface area contributed by atoms with Gasteiger partial charge in [0.25, 0.3) is 0 Å². The van der Waals surface area contributed by atoms with Crippen molar-refractivity contribution in [3.05, 3.63) is 65.7 Å². The first-order chi connectivity index (χ1) is 12.4. The van der Waals surface area contributed by atoms with Crippen LogP contribution in [0.4, 0.5) is 4.79 Å². The number of hydrogen-bond donors (Lipinski definition) is 2. The van der Waals surface area contributed by atoms with Crippen LogP contribution in [0, 0.1) is 0 Å². The van der Waals surface area contributed by atoms with Gasteiger partial charge >= 0.3 is 6.09 Å². The molecular weight excluding hydrogens is 330 g/mol. The maximum absolute atomic E-state index is 11.9. The van der Waals surface area contributed by atoms with Gasteiger partial charge in [-0.25, -0.2) is 4.79 Å². The second kappa shape index (κ2) is 9.25. The number of aliphatic hydroxyl groups is 1. The van der Waals surface area contributed by atoms with Gasteiger partial charge in [0.2, 0.25) is 0 Å². The number of amides is 1. The van der Waals surface area contributed by atoms with E-state index in [1.807, 2.05) is 75.4 Å². The first kappa shape index (κ1) is 19.8. The van der Waals surface area contributed by atoms with Crippen LogP contribution in [-0.4, -0.2) is 29.4 Å². The van der Waals surface area contributed by atoms with Gasteiger partial charge in [0.05, 0.1) is 12.6 Å². The lowest BCUT2D eigenvalue weighted by Crippen LogP contribution is -2.39. The number of aliphatic hydroxyl groups excluding tert-OH is 1. The summed E-state index contributed by atoms with van der Waals surface area (Å²) in [6.07, 6.45) is -0.0344. The van der Waals surface area contributed by atoms with Crippen LogP contribution in [0.1, 0.15) is 31.9 Å². The molecule has 26 heavy (non-hydrogen) atoms. The fraction of sp³-hybridized carbons (Fsp3) is 0.381. The lowest BCUT2D eigenvalue weighted by Gasteiger charge is -2.21. The van der Waals surface area contributed by atoms with Crippen molar-refractivity contribution in [2.45, 2.75) is 45.4 Å². The molecule has 1 atom stereocenters. The second-order valence-corrected chi connectivity index (χ2v) is 7.15. The molecule has 0 radical (unpaired) electrons. The zero-order chi connectivity index (χ0) is 19.0. The van der Waals surface area contributed by atoms with Gasteiger partial charge in [0.1, 0.15) is 18.0 Å². The van der Waals surface area contributed by atoms with E-state index in [1.165, 1.54) is 0 Å². The van der Waals surface area contributed by atoms with Crippen molar-refractivity contribution in [3.8, 4) is 5.75 Å². The van der Waals surface area contributed by atoms with Crippen molar-refractivity contribution in [3.63, 3.8) is 0 Å². The van der Waals surface area contributed by atoms with Crippen LogP contribution in [0.2, 0.25) is 0 Å². The average Bonchev–Trinajstić information content (AvgIpc) is 2.60. The van der Waals surface area contributed by atoms with E-state index in [0.717, 1.165) is 16.9 Å². The first-order valence-electron chi connectivity index (χ1n) is 8.72. The molecule has 0 aromatic heterocycles. The van der Waals surface area contributed by atoms with E-state index in [1.54, 1.807) is 0 Å². The summed E-state index contributed by atoms with van der Waals surface area (Å²) in [7, 11) is 0. The molecule has 1 amide bonds. The number of rotatable bonds is 7. The summed E-state index contributed by atoms with van der Waals surface area (Å²) < 4.78 is 11.0. The molecule has 0 saturated carbocycles. The molecule has 5 heteroatoms. The molecular formula is C21H27NO4. The highest BCUT2D eigenvalue weighted by Crippen LogP contribution is 2.19. The molecule has 5 nitrogen and oxygen atoms in total. The van der Waals surface area contributed by atoms with E-state index in [0.29, 0.717) is 6.42 Å². The molecule has 0 aliphatic heterocycles. The third-order valence-electron chi connectivity index (χ3n) is 3.58. The fourth-order valence-corrected chi connectivity index (χ4v) is 2.42. The summed E-state index contributed by atoms with van der Waals surface area (Å²) in [6.45, 7) is 6.01. The largest absolute Gasteiger partial charge is 0.488 e. The van der Waals surface area contributed by atoms with Crippen LogP contribution < -0.4 is 10.1 Å². The molecule has 0 fully saturated rings. The van der Waals surface area contributed by atoms with Crippen LogP contribution >= 0.6 is 0 Å². The number of carbonyl (C=O) groups is 1. The maximum Gasteiger partial charge on any atom is 0.407 e. The molecule has 140 valence electrons. The lowest BCUT2D eigenvalue weighted by atomic mass is 10.1. The van der Waals surface area contributed by atoms with E-state index >= 15 is 0 Å². The maximum atomic E-state index is 11.9. The van der Waals surface area contributed by atoms with Crippen molar-refractivity contribution in [2.75, 3.05) is 6.61 Å². The molecule has 0 saturated heterocycles. The van der Waals surface area contributed by atoms with Crippen LogP contribution in [-0.2, 0) is 17.8 Å². The van der Waals surface area contributed by atoms with Gasteiger partial charge in [-0.15, -0.1) is 0 Å². The van der Waals surface area contributed by atoms with Gasteiger partial charge in [0, 0.05) is 0 Å². The summed E-state index contributed by atoms with van der Waals surface area (Å²) in [5, 5.41) is 12.2. The molecule has 2 aromatic rings. The molecule has 1 unspecified atom stereocenters. The van der Waals surface area contributed by atoms with Crippen LogP contribution in [0.25, 0.3) is 0 Å². The third-order valence-corrected chi connectivity index (χ3v) is 3.58. The number of nitrogens with one attached hydrogen (secondary N) is 1. The lowest BCUT2D eigenvalue weighted by molar-refractivity contribution is 0.128. The quantitative estimate of drug-likeness (QED) is 0.793. The van der Waals surface area contributed by atoms with E-state index in [4.69, 9.17) is 9.47 Å². The van der Waals surface area contributed by atoms with Gasteiger partial charge in [-0.05, 0) is 50.5 Å². The van der Waals surface area contributed by atoms with E-state index < -0.39 is 12.1 Å². The molecule has 2 N–H and O–H groups in total. The second-order valence-electron chi connectivity index (χ2n) is 7.15. The Bertz CT molecular complexity index is 677. The van der Waals surface area contributed by atoms with Crippen molar-refractivity contribution < 1.29 is 19.4 Å². The van der Waals surface area contributed by atoms with Gasteiger partial charge in [-0.3, -0.25) is 0 Å². The van der Waals surface area contributed by atoms with Crippen molar-refractivity contribution in [2.24, 2.45) is 0 Å². The van der Waals surface area contributed by atoms with E-state index in [-0.39, 0.29) is 18.8 Å². The Morgan fingerprint density at radius 3 is 2.27 bits per heavy atom. The fourth-order valence-electron chi connectivity index (χ4n) is 2.42. The molecule has 0 bridgehead atoms. The number of ether oxygens (including phenoxy) is 2. The normalized spacial score (nSPS) is 12.3. The minimum Gasteiger partial charge on any atom is -0.488 e. The van der Waals surface area contributed by atoms with Crippen molar-refractivity contribution in [1.82, 2.24) is 5.32 Å². The summed E-state index contributed by atoms with van der Waals surface area (Å²) in [4.78, 5) is 11.9. The Morgan fingerprint density at radius 1 is 1.04 bits per heavy atom. The average molecular weight is 357 g/mol. The van der Waals surface area contributed by atoms with Crippen LogP contribution in [0.15, 0.2) is 54.6 Å². The SMILES string of the molecule is CC(C)(C)Oc1ccc(CC(CO)NC(=O)OCc2ccccc2)cc1. The predicted molar refractivity (Wildman–Crippen MR) is 101 cm³/mol. The van der Waals surface area contributed by atoms with E-state index in [2.05, 4.69) is 5.32 Å². The van der Waals surface area contributed by atoms with Crippen LogP contribution in [0.5, 0.6) is 5.75 Å². The smallest absolute Gasteiger partial charge is 0.407 e. The number of carbonyl (C=O) groups excluding carboxylic acids is 1. The van der Waals surface area contributed by atoms with Gasteiger partial charge in [-0.2, -0.15) is 0 Å². The van der Waals surface area contributed by atoms with Crippen molar-refractivity contribution >= 4 is 6.09 Å². The monoisotopic (exact) mass is 357 g/mol. The van der Waals surface area contributed by atoms with Gasteiger partial charge in [-0.1, -0.05) is 42.5 Å². The summed E-state index contributed by atoms with van der Waals surface area (Å²) in [5.41, 5.74) is 1.66. The molecule has 0 spiro atoms. The van der Waals surface area contributed by atoms with E-state index in [9.17, 15) is 9.90 Å². The number of alkyl carbamates (subject to hydrolysis) is 1. The minimum atomic E-state index is -0.541. The highest BCUT2D eigenvalue weighted by molar-refractivity contribution is 5.67. The van der Waals surface area contributed by atoms with Gasteiger partial charge < -0.3 is 19.9 Å². The standard InChI is InChI=1S/C21H27NO4/c1-21(2,3)26-19-11-9-16(10-12-19)13-18(14-23)22-20(24)25-15-17-7-5-4-6-8-17/h4-12,18,23H,13-15H2,1-3H3,(H,22,24). The Morgan fingerprint density at radius 2 is 1.69 bits per heavy atom. The topological polar surface area (TPSA) is 67.8 Å². The highest BCUT2D eigenvalue weighted by atomic mass is 16.5.